The molecular formula is C14H22N4O3. The Morgan fingerprint density at radius 2 is 2.10 bits per heavy atom. The Bertz CT molecular complexity index is 540. The van der Waals surface area contributed by atoms with Gasteiger partial charge in [0.15, 0.2) is 5.82 Å². The van der Waals surface area contributed by atoms with E-state index in [1.807, 2.05) is 20.8 Å². The first-order valence-electron chi connectivity index (χ1n) is 7.31. The average molecular weight is 294 g/mol. The molecule has 1 N–H and O–H groups in total. The smallest absolute Gasteiger partial charge is 0.325 e. The van der Waals surface area contributed by atoms with E-state index in [0.717, 1.165) is 11.3 Å². The van der Waals surface area contributed by atoms with Crippen molar-refractivity contribution in [1.29, 1.82) is 0 Å². The van der Waals surface area contributed by atoms with Gasteiger partial charge in [0.1, 0.15) is 12.1 Å². The molecule has 1 aromatic rings. The summed E-state index contributed by atoms with van der Waals surface area (Å²) in [6.07, 6.45) is 2.22. The molecule has 0 spiro atoms. The quantitative estimate of drug-likeness (QED) is 0.809. The van der Waals surface area contributed by atoms with Crippen molar-refractivity contribution in [2.45, 2.75) is 59.0 Å². The summed E-state index contributed by atoms with van der Waals surface area (Å²) in [5, 5.41) is 6.59. The van der Waals surface area contributed by atoms with Crippen molar-refractivity contribution >= 4 is 11.9 Å². The maximum Gasteiger partial charge on any atom is 0.325 e. The standard InChI is InChI=1S/C14H22N4O3/c1-5-6-10-15-11(21-17-10)8-18-12(19)14(4,7-9(2)3)16-13(18)20/h9H,5-8H2,1-4H3,(H,16,20). The molecule has 7 nitrogen and oxygen atoms in total. The zero-order valence-electron chi connectivity index (χ0n) is 13.0. The van der Waals surface area contributed by atoms with Crippen LogP contribution in [0, 0.1) is 5.92 Å². The van der Waals surface area contributed by atoms with Crippen LogP contribution in [-0.4, -0.2) is 32.5 Å². The monoisotopic (exact) mass is 294 g/mol. The van der Waals surface area contributed by atoms with Gasteiger partial charge in [-0.2, -0.15) is 4.98 Å². The Morgan fingerprint density at radius 1 is 1.38 bits per heavy atom. The molecule has 0 aliphatic carbocycles. The van der Waals surface area contributed by atoms with Crippen molar-refractivity contribution in [3.05, 3.63) is 11.7 Å². The average Bonchev–Trinajstić information content (AvgIpc) is 2.88. The molecule has 1 fully saturated rings. The Morgan fingerprint density at radius 3 is 2.71 bits per heavy atom. The molecule has 2 rings (SSSR count). The molecule has 3 amide bonds. The lowest BCUT2D eigenvalue weighted by atomic mass is 9.91. The van der Waals surface area contributed by atoms with Crippen molar-refractivity contribution in [2.75, 3.05) is 0 Å². The number of amides is 3. The Hall–Kier alpha value is -1.92. The van der Waals surface area contributed by atoms with Gasteiger partial charge in [0.05, 0.1) is 0 Å². The summed E-state index contributed by atoms with van der Waals surface area (Å²) < 4.78 is 5.09. The number of carbonyl (C=O) groups excluding carboxylic acids is 2. The third kappa shape index (κ3) is 3.22. The SMILES string of the molecule is CCCc1noc(CN2C(=O)NC(C)(CC(C)C)C2=O)n1. The van der Waals surface area contributed by atoms with Gasteiger partial charge >= 0.3 is 6.03 Å². The van der Waals surface area contributed by atoms with Gasteiger partial charge in [-0.1, -0.05) is 25.9 Å². The van der Waals surface area contributed by atoms with Crippen LogP contribution in [0.25, 0.3) is 0 Å². The van der Waals surface area contributed by atoms with Gasteiger partial charge in [0.25, 0.3) is 5.91 Å². The summed E-state index contributed by atoms with van der Waals surface area (Å²) >= 11 is 0. The van der Waals surface area contributed by atoms with Crippen LogP contribution in [0.4, 0.5) is 4.79 Å². The molecule has 1 aromatic heterocycles. The van der Waals surface area contributed by atoms with Gasteiger partial charge in [-0.3, -0.25) is 9.69 Å². The second-order valence-corrected chi connectivity index (χ2v) is 6.11. The summed E-state index contributed by atoms with van der Waals surface area (Å²) in [5.74, 6) is 0.954. The van der Waals surface area contributed by atoms with Crippen molar-refractivity contribution in [3.8, 4) is 0 Å². The number of aryl methyl sites for hydroxylation is 1. The first kappa shape index (κ1) is 15.5. The summed E-state index contributed by atoms with van der Waals surface area (Å²) in [6.45, 7) is 7.83. The summed E-state index contributed by atoms with van der Waals surface area (Å²) in [4.78, 5) is 29.8. The molecule has 0 radical (unpaired) electrons. The lowest BCUT2D eigenvalue weighted by molar-refractivity contribution is -0.131. The summed E-state index contributed by atoms with van der Waals surface area (Å²) in [5.41, 5.74) is -0.850. The van der Waals surface area contributed by atoms with Gasteiger partial charge in [0, 0.05) is 6.42 Å². The predicted molar refractivity (Wildman–Crippen MR) is 75.2 cm³/mol. The fraction of sp³-hybridized carbons (Fsp3) is 0.714. The minimum atomic E-state index is -0.850. The van der Waals surface area contributed by atoms with Gasteiger partial charge < -0.3 is 9.84 Å². The van der Waals surface area contributed by atoms with Crippen LogP contribution in [-0.2, 0) is 17.8 Å². The molecule has 1 aliphatic rings. The highest BCUT2D eigenvalue weighted by molar-refractivity contribution is 6.06. The number of aromatic nitrogens is 2. The topological polar surface area (TPSA) is 88.3 Å². The van der Waals surface area contributed by atoms with Gasteiger partial charge in [-0.25, -0.2) is 4.79 Å². The van der Waals surface area contributed by atoms with E-state index in [2.05, 4.69) is 15.5 Å². The summed E-state index contributed by atoms with van der Waals surface area (Å²) in [7, 11) is 0. The maximum atomic E-state index is 12.5. The maximum absolute atomic E-state index is 12.5. The molecule has 1 aliphatic heterocycles. The molecule has 0 bridgehead atoms. The van der Waals surface area contributed by atoms with E-state index in [1.54, 1.807) is 6.92 Å². The number of nitrogens with one attached hydrogen (secondary N) is 1. The van der Waals surface area contributed by atoms with E-state index < -0.39 is 11.6 Å². The summed E-state index contributed by atoms with van der Waals surface area (Å²) in [6, 6.07) is -0.404. The molecule has 0 saturated carbocycles. The second kappa shape index (κ2) is 5.83. The zero-order valence-corrected chi connectivity index (χ0v) is 13.0. The molecule has 21 heavy (non-hydrogen) atoms. The third-order valence-electron chi connectivity index (χ3n) is 3.44. The predicted octanol–water partition coefficient (Wildman–Crippen LogP) is 1.88. The minimum absolute atomic E-state index is 0.0229. The molecule has 1 unspecified atom stereocenters. The van der Waals surface area contributed by atoms with Crippen molar-refractivity contribution < 1.29 is 14.1 Å². The van der Waals surface area contributed by atoms with E-state index >= 15 is 0 Å². The minimum Gasteiger partial charge on any atom is -0.337 e. The molecule has 7 heteroatoms. The third-order valence-corrected chi connectivity index (χ3v) is 3.44. The van der Waals surface area contributed by atoms with Crippen molar-refractivity contribution in [1.82, 2.24) is 20.4 Å². The lowest BCUT2D eigenvalue weighted by Crippen LogP contribution is -2.44. The van der Waals surface area contributed by atoms with Crippen LogP contribution in [0.3, 0.4) is 0 Å². The van der Waals surface area contributed by atoms with E-state index in [9.17, 15) is 9.59 Å². The highest BCUT2D eigenvalue weighted by Gasteiger charge is 2.48. The van der Waals surface area contributed by atoms with E-state index in [0.29, 0.717) is 24.6 Å². The van der Waals surface area contributed by atoms with Crippen LogP contribution in [0.15, 0.2) is 4.52 Å². The molecule has 1 atom stereocenters. The van der Waals surface area contributed by atoms with Gasteiger partial charge in [-0.05, 0) is 25.7 Å². The van der Waals surface area contributed by atoms with Crippen LogP contribution in [0.1, 0.15) is 52.3 Å². The molecule has 1 saturated heterocycles. The Balaban J connectivity index is 2.09. The first-order chi connectivity index (χ1) is 9.85. The van der Waals surface area contributed by atoms with Crippen LogP contribution < -0.4 is 5.32 Å². The van der Waals surface area contributed by atoms with Crippen LogP contribution in [0.2, 0.25) is 0 Å². The van der Waals surface area contributed by atoms with Crippen LogP contribution in [0.5, 0.6) is 0 Å². The largest absolute Gasteiger partial charge is 0.337 e. The van der Waals surface area contributed by atoms with Gasteiger partial charge in [-0.15, -0.1) is 0 Å². The zero-order chi connectivity index (χ0) is 15.6. The van der Waals surface area contributed by atoms with E-state index in [-0.39, 0.29) is 18.3 Å². The molecular weight excluding hydrogens is 272 g/mol. The molecule has 0 aromatic carbocycles. The second-order valence-electron chi connectivity index (χ2n) is 6.11. The number of imide groups is 1. The Kier molecular flexibility index (Phi) is 4.29. The van der Waals surface area contributed by atoms with E-state index in [1.165, 1.54) is 0 Å². The van der Waals surface area contributed by atoms with Crippen molar-refractivity contribution in [3.63, 3.8) is 0 Å². The van der Waals surface area contributed by atoms with E-state index in [4.69, 9.17) is 4.52 Å². The fourth-order valence-electron chi connectivity index (χ4n) is 2.66. The molecule has 2 heterocycles. The highest BCUT2D eigenvalue weighted by atomic mass is 16.5. The number of hydrogen-bond donors (Lipinski definition) is 1. The lowest BCUT2D eigenvalue weighted by Gasteiger charge is -2.23. The Labute approximate surface area is 124 Å². The normalized spacial score (nSPS) is 22.2. The number of urea groups is 1. The number of rotatable bonds is 6. The number of carbonyl (C=O) groups is 2. The number of hydrogen-bond acceptors (Lipinski definition) is 5. The molecule has 116 valence electrons. The fourth-order valence-corrected chi connectivity index (χ4v) is 2.66. The highest BCUT2D eigenvalue weighted by Crippen LogP contribution is 2.25. The van der Waals surface area contributed by atoms with Gasteiger partial charge in [0.2, 0.25) is 5.89 Å². The first-order valence-corrected chi connectivity index (χ1v) is 7.31. The van der Waals surface area contributed by atoms with Crippen LogP contribution >= 0.6 is 0 Å². The number of nitrogens with zero attached hydrogens (tertiary/aromatic N) is 3. The van der Waals surface area contributed by atoms with Crippen molar-refractivity contribution in [2.24, 2.45) is 5.92 Å².